The van der Waals surface area contributed by atoms with Gasteiger partial charge in [0.2, 0.25) is 29.5 Å². The molecule has 4 aromatic rings. The Kier molecular flexibility index (Phi) is 15.3. The number of carboxylic acid groups (broad SMARTS) is 1. The Morgan fingerprint density at radius 2 is 1.09 bits per heavy atom. The number of hydrogen-bond acceptors (Lipinski definition) is 8. The highest BCUT2D eigenvalue weighted by molar-refractivity contribution is 8.00. The summed E-state index contributed by atoms with van der Waals surface area (Å²) in [5.74, 6) is -4.89. The average Bonchev–Trinajstić information content (AvgIpc) is 3.19. The van der Waals surface area contributed by atoms with Crippen LogP contribution < -0.4 is 32.7 Å². The second-order valence-electron chi connectivity index (χ2n) is 12.3. The number of thioether (sulfide) groups is 1. The van der Waals surface area contributed by atoms with E-state index in [-0.39, 0.29) is 18.6 Å². The predicted molar refractivity (Wildman–Crippen MR) is 206 cm³/mol. The molecule has 282 valence electrons. The van der Waals surface area contributed by atoms with Gasteiger partial charge in [0.1, 0.15) is 18.1 Å². The van der Waals surface area contributed by atoms with Crippen molar-refractivity contribution in [3.8, 4) is 0 Å². The molecule has 0 aliphatic carbocycles. The molecule has 0 aliphatic rings. The van der Waals surface area contributed by atoms with Crippen molar-refractivity contribution in [3.63, 3.8) is 0 Å². The number of carboxylic acids is 1. The molecule has 0 heterocycles. The summed E-state index contributed by atoms with van der Waals surface area (Å²) in [5, 5.41) is 19.6. The number of nitrogens with two attached hydrogens (primary N) is 2. The van der Waals surface area contributed by atoms with E-state index in [0.29, 0.717) is 5.56 Å². The Bertz CT molecular complexity index is 1770. The first kappa shape index (κ1) is 40.8. The van der Waals surface area contributed by atoms with Gasteiger partial charge in [0, 0.05) is 18.6 Å². The van der Waals surface area contributed by atoms with E-state index < -0.39 is 77.9 Å². The fourth-order valence-corrected chi connectivity index (χ4v) is 7.41. The SMILES string of the molecule is NCC(=O)N[C@@H](CCC(=O)O)C(=O)N[C@@H](Cc1ccccc1)C(=O)N[C@@H](CSC(c1ccccc1)(c1ccccc1)c1ccccc1)C(=O)NCC(N)=O. The molecule has 0 aromatic heterocycles. The molecule has 5 amide bonds. The third-order valence-electron chi connectivity index (χ3n) is 8.48. The molecule has 0 spiro atoms. The second kappa shape index (κ2) is 20.3. The van der Waals surface area contributed by atoms with Crippen LogP contribution in [0, 0.1) is 0 Å². The Labute approximate surface area is 317 Å². The van der Waals surface area contributed by atoms with Crippen LogP contribution in [0.25, 0.3) is 0 Å². The largest absolute Gasteiger partial charge is 0.481 e. The number of primary amides is 1. The van der Waals surface area contributed by atoms with E-state index >= 15 is 0 Å². The lowest BCUT2D eigenvalue weighted by atomic mass is 9.84. The first-order chi connectivity index (χ1) is 26.0. The van der Waals surface area contributed by atoms with Crippen LogP contribution in [0.2, 0.25) is 0 Å². The number of benzene rings is 4. The number of rotatable bonds is 20. The van der Waals surface area contributed by atoms with Crippen LogP contribution in [0.5, 0.6) is 0 Å². The second-order valence-corrected chi connectivity index (χ2v) is 13.6. The molecule has 0 bridgehead atoms. The summed E-state index contributed by atoms with van der Waals surface area (Å²) in [7, 11) is 0. The Balaban J connectivity index is 1.71. The van der Waals surface area contributed by atoms with Crippen LogP contribution in [0.15, 0.2) is 121 Å². The van der Waals surface area contributed by atoms with Gasteiger partial charge in [0.05, 0.1) is 17.8 Å². The summed E-state index contributed by atoms with van der Waals surface area (Å²) >= 11 is 1.40. The van der Waals surface area contributed by atoms with Crippen molar-refractivity contribution >= 4 is 47.3 Å². The van der Waals surface area contributed by atoms with Crippen molar-refractivity contribution in [1.29, 1.82) is 0 Å². The summed E-state index contributed by atoms with van der Waals surface area (Å²) in [4.78, 5) is 76.8. The Morgan fingerprint density at radius 1 is 0.630 bits per heavy atom. The van der Waals surface area contributed by atoms with Gasteiger partial charge in [0.25, 0.3) is 0 Å². The summed E-state index contributed by atoms with van der Waals surface area (Å²) < 4.78 is -0.868. The zero-order valence-electron chi connectivity index (χ0n) is 29.5. The highest BCUT2D eigenvalue weighted by Crippen LogP contribution is 2.48. The van der Waals surface area contributed by atoms with Gasteiger partial charge in [0.15, 0.2) is 0 Å². The average molecular weight is 753 g/mol. The zero-order chi connectivity index (χ0) is 38.9. The molecule has 0 saturated carbocycles. The van der Waals surface area contributed by atoms with Gasteiger partial charge in [-0.05, 0) is 28.7 Å². The summed E-state index contributed by atoms with van der Waals surface area (Å²) in [6.45, 7) is -0.922. The van der Waals surface area contributed by atoms with Crippen LogP contribution in [0.1, 0.15) is 35.1 Å². The monoisotopic (exact) mass is 752 g/mol. The number of carbonyl (C=O) groups is 6. The smallest absolute Gasteiger partial charge is 0.303 e. The molecule has 3 atom stereocenters. The van der Waals surface area contributed by atoms with Gasteiger partial charge >= 0.3 is 5.97 Å². The Morgan fingerprint density at radius 3 is 1.56 bits per heavy atom. The van der Waals surface area contributed by atoms with Gasteiger partial charge in [-0.1, -0.05) is 121 Å². The molecule has 13 nitrogen and oxygen atoms in total. The van der Waals surface area contributed by atoms with Crippen LogP contribution in [0.3, 0.4) is 0 Å². The topological polar surface area (TPSA) is 223 Å². The minimum atomic E-state index is -1.31. The highest BCUT2D eigenvalue weighted by Gasteiger charge is 2.39. The maximum Gasteiger partial charge on any atom is 0.303 e. The maximum absolute atomic E-state index is 14.2. The molecular formula is C40H44N6O7S. The van der Waals surface area contributed by atoms with E-state index in [9.17, 15) is 33.9 Å². The molecule has 4 aromatic carbocycles. The van der Waals surface area contributed by atoms with Crippen LogP contribution in [-0.4, -0.2) is 77.6 Å². The number of nitrogens with one attached hydrogen (secondary N) is 4. The first-order valence-electron chi connectivity index (χ1n) is 17.3. The van der Waals surface area contributed by atoms with Crippen LogP contribution in [-0.2, 0) is 39.9 Å². The molecule has 9 N–H and O–H groups in total. The Hall–Kier alpha value is -5.99. The molecule has 0 aliphatic heterocycles. The lowest BCUT2D eigenvalue weighted by molar-refractivity contribution is -0.138. The first-order valence-corrected chi connectivity index (χ1v) is 18.2. The van der Waals surface area contributed by atoms with Gasteiger partial charge in [-0.3, -0.25) is 28.8 Å². The number of aliphatic carboxylic acids is 1. The summed E-state index contributed by atoms with van der Waals surface area (Å²) in [6, 6.07) is 34.2. The molecule has 0 saturated heterocycles. The van der Waals surface area contributed by atoms with Crippen molar-refractivity contribution in [2.24, 2.45) is 11.5 Å². The van der Waals surface area contributed by atoms with E-state index in [1.165, 1.54) is 11.8 Å². The third-order valence-corrected chi connectivity index (χ3v) is 10.1. The zero-order valence-corrected chi connectivity index (χ0v) is 30.3. The standard InChI is InChI=1S/C40H44N6O7S/c41-24-35(48)44-31(21-22-36(49)50)38(52)45-32(23-27-13-5-1-6-14-27)39(53)46-33(37(51)43-25-34(42)47)26-54-40(28-15-7-2-8-16-28,29-17-9-3-10-18-29)30-19-11-4-12-20-30/h1-20,31-33H,21-26,41H2,(H2,42,47)(H,43,51)(H,44,48)(H,45,52)(H,46,53)(H,49,50)/t31-,32-,33-/m0/s1. The van der Waals surface area contributed by atoms with E-state index in [4.69, 9.17) is 11.5 Å². The van der Waals surface area contributed by atoms with Crippen molar-refractivity contribution in [2.45, 2.75) is 42.1 Å². The molecule has 14 heteroatoms. The summed E-state index contributed by atoms with van der Waals surface area (Å²) in [5.41, 5.74) is 14.2. The fourth-order valence-electron chi connectivity index (χ4n) is 5.85. The summed E-state index contributed by atoms with van der Waals surface area (Å²) in [6.07, 6.45) is -0.717. The van der Waals surface area contributed by atoms with E-state index in [1.807, 2.05) is 91.0 Å². The van der Waals surface area contributed by atoms with Gasteiger partial charge in [-0.2, -0.15) is 0 Å². The van der Waals surface area contributed by atoms with Crippen molar-refractivity contribution < 1.29 is 33.9 Å². The number of amides is 5. The van der Waals surface area contributed by atoms with Crippen molar-refractivity contribution in [3.05, 3.63) is 144 Å². The van der Waals surface area contributed by atoms with Gasteiger partial charge in [-0.15, -0.1) is 11.8 Å². The minimum absolute atomic E-state index is 0.00514. The quantitative estimate of drug-likeness (QED) is 0.0654. The number of carbonyl (C=O) groups excluding carboxylic acids is 5. The normalized spacial score (nSPS) is 12.7. The molecule has 0 unspecified atom stereocenters. The van der Waals surface area contributed by atoms with E-state index in [1.54, 1.807) is 30.3 Å². The lowest BCUT2D eigenvalue weighted by Crippen LogP contribution is -2.58. The van der Waals surface area contributed by atoms with E-state index in [2.05, 4.69) is 21.3 Å². The maximum atomic E-state index is 14.2. The minimum Gasteiger partial charge on any atom is -0.481 e. The molecule has 4 rings (SSSR count). The highest BCUT2D eigenvalue weighted by atomic mass is 32.2. The third kappa shape index (κ3) is 11.5. The van der Waals surface area contributed by atoms with Crippen molar-refractivity contribution in [2.75, 3.05) is 18.8 Å². The van der Waals surface area contributed by atoms with E-state index in [0.717, 1.165) is 16.7 Å². The number of hydrogen-bond donors (Lipinski definition) is 7. The lowest BCUT2D eigenvalue weighted by Gasteiger charge is -2.36. The van der Waals surface area contributed by atoms with Crippen LogP contribution >= 0.6 is 11.8 Å². The predicted octanol–water partition coefficient (Wildman–Crippen LogP) is 1.83. The van der Waals surface area contributed by atoms with Crippen molar-refractivity contribution in [1.82, 2.24) is 21.3 Å². The molecule has 54 heavy (non-hydrogen) atoms. The van der Waals surface area contributed by atoms with Gasteiger partial charge in [-0.25, -0.2) is 0 Å². The fraction of sp³-hybridized carbons (Fsp3) is 0.250. The molecule has 0 fully saturated rings. The van der Waals surface area contributed by atoms with Crippen LogP contribution in [0.4, 0.5) is 0 Å². The molecule has 0 radical (unpaired) electrons. The van der Waals surface area contributed by atoms with Gasteiger partial charge < -0.3 is 37.8 Å². The molecular weight excluding hydrogens is 709 g/mol.